The first kappa shape index (κ1) is 11.1. The van der Waals surface area contributed by atoms with Crippen molar-refractivity contribution in [1.29, 1.82) is 0 Å². The normalized spacial score (nSPS) is 10.4. The number of hydrogen-bond acceptors (Lipinski definition) is 2. The SMILES string of the molecule is C=C(C)Cc1ccc(-c2csc(C)n2)cc1. The van der Waals surface area contributed by atoms with E-state index in [1.165, 1.54) is 16.7 Å². The first-order valence-corrected chi connectivity index (χ1v) is 6.19. The molecule has 1 nitrogen and oxygen atoms in total. The molecule has 1 aromatic carbocycles. The van der Waals surface area contributed by atoms with Crippen molar-refractivity contribution in [2.45, 2.75) is 20.3 Å². The van der Waals surface area contributed by atoms with Gasteiger partial charge in [0.05, 0.1) is 10.7 Å². The van der Waals surface area contributed by atoms with E-state index in [-0.39, 0.29) is 0 Å². The van der Waals surface area contributed by atoms with E-state index in [2.05, 4.69) is 48.1 Å². The lowest BCUT2D eigenvalue weighted by atomic mass is 10.0. The fraction of sp³-hybridized carbons (Fsp3) is 0.214. The Bertz CT molecular complexity index is 494. The van der Waals surface area contributed by atoms with E-state index >= 15 is 0 Å². The molecule has 0 radical (unpaired) electrons. The summed E-state index contributed by atoms with van der Waals surface area (Å²) >= 11 is 1.69. The van der Waals surface area contributed by atoms with E-state index in [0.717, 1.165) is 17.1 Å². The van der Waals surface area contributed by atoms with Gasteiger partial charge >= 0.3 is 0 Å². The monoisotopic (exact) mass is 229 g/mol. The zero-order chi connectivity index (χ0) is 11.5. The first-order chi connectivity index (χ1) is 7.65. The molecule has 0 atom stereocenters. The Morgan fingerprint density at radius 1 is 1.31 bits per heavy atom. The van der Waals surface area contributed by atoms with E-state index < -0.39 is 0 Å². The van der Waals surface area contributed by atoms with Gasteiger partial charge in [0.2, 0.25) is 0 Å². The molecule has 0 spiro atoms. The summed E-state index contributed by atoms with van der Waals surface area (Å²) in [6.45, 7) is 8.01. The molecule has 0 amide bonds. The fourth-order valence-corrected chi connectivity index (χ4v) is 2.26. The Morgan fingerprint density at radius 2 is 2.00 bits per heavy atom. The molecule has 82 valence electrons. The number of benzene rings is 1. The third-order valence-corrected chi connectivity index (χ3v) is 3.15. The third kappa shape index (κ3) is 2.58. The third-order valence-electron chi connectivity index (χ3n) is 2.37. The number of thiazole rings is 1. The zero-order valence-corrected chi connectivity index (χ0v) is 10.5. The Hall–Kier alpha value is -1.41. The van der Waals surface area contributed by atoms with Crippen molar-refractivity contribution in [2.75, 3.05) is 0 Å². The highest BCUT2D eigenvalue weighted by atomic mass is 32.1. The highest BCUT2D eigenvalue weighted by molar-refractivity contribution is 7.09. The second-order valence-corrected chi connectivity index (χ2v) is 5.14. The van der Waals surface area contributed by atoms with Crippen LogP contribution >= 0.6 is 11.3 Å². The molecule has 2 rings (SSSR count). The zero-order valence-electron chi connectivity index (χ0n) is 9.66. The van der Waals surface area contributed by atoms with E-state index in [9.17, 15) is 0 Å². The molecule has 0 saturated carbocycles. The summed E-state index contributed by atoms with van der Waals surface area (Å²) in [5.41, 5.74) is 4.76. The maximum Gasteiger partial charge on any atom is 0.0901 e. The number of hydrogen-bond donors (Lipinski definition) is 0. The molecule has 0 saturated heterocycles. The summed E-state index contributed by atoms with van der Waals surface area (Å²) < 4.78 is 0. The maximum absolute atomic E-state index is 4.47. The number of allylic oxidation sites excluding steroid dienone is 1. The van der Waals surface area contributed by atoms with Crippen LogP contribution in [-0.2, 0) is 6.42 Å². The summed E-state index contributed by atoms with van der Waals surface area (Å²) in [6, 6.07) is 8.57. The molecule has 0 fully saturated rings. The first-order valence-electron chi connectivity index (χ1n) is 5.31. The van der Waals surface area contributed by atoms with Gasteiger partial charge in [0.25, 0.3) is 0 Å². The van der Waals surface area contributed by atoms with Gasteiger partial charge in [0.1, 0.15) is 0 Å². The van der Waals surface area contributed by atoms with Crippen molar-refractivity contribution >= 4 is 11.3 Å². The van der Waals surface area contributed by atoms with Crippen molar-refractivity contribution in [3.05, 3.63) is 52.4 Å². The molecule has 0 unspecified atom stereocenters. The smallest absolute Gasteiger partial charge is 0.0901 e. The minimum atomic E-state index is 0.955. The standard InChI is InChI=1S/C14H15NS/c1-10(2)8-12-4-6-13(7-5-12)14-9-16-11(3)15-14/h4-7,9H,1,8H2,2-3H3. The molecule has 0 N–H and O–H groups in total. The van der Waals surface area contributed by atoms with Crippen LogP contribution in [0.2, 0.25) is 0 Å². The second kappa shape index (κ2) is 4.62. The molecule has 0 bridgehead atoms. The summed E-state index contributed by atoms with van der Waals surface area (Å²) in [5.74, 6) is 0. The van der Waals surface area contributed by atoms with Crippen molar-refractivity contribution in [1.82, 2.24) is 4.98 Å². The molecule has 2 aromatic rings. The van der Waals surface area contributed by atoms with Gasteiger partial charge in [0, 0.05) is 10.9 Å². The lowest BCUT2D eigenvalue weighted by Crippen LogP contribution is -1.85. The Kier molecular flexibility index (Phi) is 3.20. The van der Waals surface area contributed by atoms with Gasteiger partial charge in [-0.15, -0.1) is 11.3 Å². The summed E-state index contributed by atoms with van der Waals surface area (Å²) in [4.78, 5) is 4.47. The van der Waals surface area contributed by atoms with Gasteiger partial charge in [-0.3, -0.25) is 0 Å². The van der Waals surface area contributed by atoms with Crippen LogP contribution in [0.4, 0.5) is 0 Å². The molecule has 0 aliphatic carbocycles. The number of nitrogens with zero attached hydrogens (tertiary/aromatic N) is 1. The van der Waals surface area contributed by atoms with E-state index in [0.29, 0.717) is 0 Å². The predicted octanol–water partition coefficient (Wildman–Crippen LogP) is 4.24. The van der Waals surface area contributed by atoms with Gasteiger partial charge in [-0.2, -0.15) is 0 Å². The van der Waals surface area contributed by atoms with Crippen LogP contribution in [0.25, 0.3) is 11.3 Å². The minimum absolute atomic E-state index is 0.955. The van der Waals surface area contributed by atoms with Crippen LogP contribution in [0.15, 0.2) is 41.8 Å². The number of aryl methyl sites for hydroxylation is 1. The highest BCUT2D eigenvalue weighted by Crippen LogP contribution is 2.22. The molecule has 0 aliphatic heterocycles. The van der Waals surface area contributed by atoms with Crippen molar-refractivity contribution in [2.24, 2.45) is 0 Å². The van der Waals surface area contributed by atoms with Crippen LogP contribution in [0.5, 0.6) is 0 Å². The predicted molar refractivity (Wildman–Crippen MR) is 70.8 cm³/mol. The molecule has 1 aromatic heterocycles. The molecular weight excluding hydrogens is 214 g/mol. The number of aromatic nitrogens is 1. The van der Waals surface area contributed by atoms with Crippen molar-refractivity contribution in [3.8, 4) is 11.3 Å². The lowest BCUT2D eigenvalue weighted by Gasteiger charge is -2.02. The minimum Gasteiger partial charge on any atom is -0.242 e. The van der Waals surface area contributed by atoms with Gasteiger partial charge < -0.3 is 0 Å². The average Bonchev–Trinajstić information content (AvgIpc) is 2.65. The summed E-state index contributed by atoms with van der Waals surface area (Å²) in [6.07, 6.45) is 0.955. The van der Waals surface area contributed by atoms with Crippen LogP contribution < -0.4 is 0 Å². The van der Waals surface area contributed by atoms with Crippen LogP contribution in [0.3, 0.4) is 0 Å². The quantitative estimate of drug-likeness (QED) is 0.717. The number of rotatable bonds is 3. The van der Waals surface area contributed by atoms with Crippen molar-refractivity contribution < 1.29 is 0 Å². The van der Waals surface area contributed by atoms with Crippen LogP contribution in [0, 0.1) is 6.92 Å². The van der Waals surface area contributed by atoms with E-state index in [1.807, 2.05) is 6.92 Å². The largest absolute Gasteiger partial charge is 0.242 e. The lowest BCUT2D eigenvalue weighted by molar-refractivity contribution is 1.15. The van der Waals surface area contributed by atoms with Gasteiger partial charge in [0.15, 0.2) is 0 Å². The maximum atomic E-state index is 4.47. The molecule has 1 heterocycles. The highest BCUT2D eigenvalue weighted by Gasteiger charge is 2.01. The van der Waals surface area contributed by atoms with Crippen molar-refractivity contribution in [3.63, 3.8) is 0 Å². The van der Waals surface area contributed by atoms with Crippen LogP contribution in [-0.4, -0.2) is 4.98 Å². The molecule has 0 aliphatic rings. The van der Waals surface area contributed by atoms with Gasteiger partial charge in [-0.05, 0) is 25.8 Å². The average molecular weight is 229 g/mol. The second-order valence-electron chi connectivity index (χ2n) is 4.08. The van der Waals surface area contributed by atoms with E-state index in [1.54, 1.807) is 11.3 Å². The summed E-state index contributed by atoms with van der Waals surface area (Å²) in [5, 5.41) is 3.21. The molecular formula is C14H15NS. The van der Waals surface area contributed by atoms with Gasteiger partial charge in [-0.25, -0.2) is 4.98 Å². The topological polar surface area (TPSA) is 12.9 Å². The fourth-order valence-electron chi connectivity index (χ4n) is 1.64. The Labute approximate surface area is 100 Å². The molecule has 2 heteroatoms. The van der Waals surface area contributed by atoms with Crippen LogP contribution in [0.1, 0.15) is 17.5 Å². The Balaban J connectivity index is 2.22. The van der Waals surface area contributed by atoms with Gasteiger partial charge in [-0.1, -0.05) is 36.4 Å². The molecule has 16 heavy (non-hydrogen) atoms. The summed E-state index contributed by atoms with van der Waals surface area (Å²) in [7, 11) is 0. The Morgan fingerprint density at radius 3 is 2.50 bits per heavy atom. The van der Waals surface area contributed by atoms with E-state index in [4.69, 9.17) is 0 Å².